The third-order valence-corrected chi connectivity index (χ3v) is 3.24. The molecule has 6 nitrogen and oxygen atoms in total. The number of carboxylic acid groups (broad SMARTS) is 1. The summed E-state index contributed by atoms with van der Waals surface area (Å²) < 4.78 is 2.05. The van der Waals surface area contributed by atoms with Gasteiger partial charge in [0, 0.05) is 11.9 Å². The average Bonchev–Trinajstić information content (AvgIpc) is 2.82. The first-order chi connectivity index (χ1) is 10.1. The van der Waals surface area contributed by atoms with Crippen LogP contribution >= 0.6 is 0 Å². The number of imidazole rings is 1. The Morgan fingerprint density at radius 3 is 2.86 bits per heavy atom. The summed E-state index contributed by atoms with van der Waals surface area (Å²) in [6.45, 7) is 5.08. The Bertz CT molecular complexity index is 823. The van der Waals surface area contributed by atoms with Crippen molar-refractivity contribution in [1.82, 2.24) is 14.5 Å². The first-order valence-electron chi connectivity index (χ1n) is 6.80. The summed E-state index contributed by atoms with van der Waals surface area (Å²) in [7, 11) is 0. The van der Waals surface area contributed by atoms with E-state index in [0.29, 0.717) is 11.4 Å². The molecule has 1 amide bonds. The lowest BCUT2D eigenvalue weighted by molar-refractivity contribution is 0.209. The van der Waals surface area contributed by atoms with Crippen LogP contribution in [0, 0.1) is 5.92 Å². The van der Waals surface area contributed by atoms with Gasteiger partial charge in [-0.15, -0.1) is 0 Å². The number of carbonyl (C=O) groups is 1. The van der Waals surface area contributed by atoms with Crippen molar-refractivity contribution >= 4 is 33.8 Å². The van der Waals surface area contributed by atoms with Crippen LogP contribution in [-0.4, -0.2) is 25.7 Å². The number of nitrogens with one attached hydrogen (secondary N) is 1. The zero-order chi connectivity index (χ0) is 15.0. The number of nitrogens with zero attached hydrogens (tertiary/aromatic N) is 3. The van der Waals surface area contributed by atoms with E-state index in [-0.39, 0.29) is 5.82 Å². The highest BCUT2D eigenvalue weighted by molar-refractivity contribution is 6.08. The molecule has 21 heavy (non-hydrogen) atoms. The van der Waals surface area contributed by atoms with Gasteiger partial charge >= 0.3 is 6.09 Å². The van der Waals surface area contributed by atoms with E-state index >= 15 is 0 Å². The van der Waals surface area contributed by atoms with E-state index in [4.69, 9.17) is 5.11 Å². The monoisotopic (exact) mass is 284 g/mol. The van der Waals surface area contributed by atoms with Gasteiger partial charge in [0.05, 0.1) is 17.4 Å². The molecule has 3 rings (SSSR count). The van der Waals surface area contributed by atoms with E-state index in [1.54, 1.807) is 6.33 Å². The number of hydrogen-bond acceptors (Lipinski definition) is 3. The molecule has 2 N–H and O–H groups in total. The molecule has 0 aliphatic heterocycles. The number of pyridine rings is 1. The number of para-hydroxylation sites is 1. The summed E-state index contributed by atoms with van der Waals surface area (Å²) in [5.74, 6) is 0.740. The zero-order valence-corrected chi connectivity index (χ0v) is 11.9. The van der Waals surface area contributed by atoms with Crippen LogP contribution in [0.3, 0.4) is 0 Å². The SMILES string of the molecule is CC(C)Cn1cnc2c(NC(=O)O)nc3ccccc3c21. The van der Waals surface area contributed by atoms with Gasteiger partial charge in [0.1, 0.15) is 5.52 Å². The standard InChI is InChI=1S/C15H16N4O2/c1-9(2)7-19-8-16-12-13(19)10-5-3-4-6-11(10)17-14(12)18-15(20)21/h3-6,8-9H,7H2,1-2H3,(H,17,18)(H,20,21). The molecule has 1 aromatic carbocycles. The molecule has 0 aliphatic carbocycles. The fourth-order valence-electron chi connectivity index (χ4n) is 2.50. The van der Waals surface area contributed by atoms with E-state index in [1.165, 1.54) is 0 Å². The second kappa shape index (κ2) is 5.05. The van der Waals surface area contributed by atoms with Gasteiger partial charge in [-0.3, -0.25) is 5.32 Å². The Labute approximate surface area is 121 Å². The van der Waals surface area contributed by atoms with Gasteiger partial charge in [-0.25, -0.2) is 14.8 Å². The maximum Gasteiger partial charge on any atom is 0.410 e. The van der Waals surface area contributed by atoms with Crippen LogP contribution in [0.2, 0.25) is 0 Å². The molecule has 0 fully saturated rings. The molecule has 3 aromatic rings. The topological polar surface area (TPSA) is 80.0 Å². The smallest absolute Gasteiger partial charge is 0.410 e. The van der Waals surface area contributed by atoms with E-state index in [9.17, 15) is 4.79 Å². The summed E-state index contributed by atoms with van der Waals surface area (Å²) in [4.78, 5) is 19.7. The van der Waals surface area contributed by atoms with Crippen LogP contribution in [-0.2, 0) is 6.54 Å². The quantitative estimate of drug-likeness (QED) is 0.773. The van der Waals surface area contributed by atoms with Gasteiger partial charge < -0.3 is 9.67 Å². The molecular weight excluding hydrogens is 268 g/mol. The minimum atomic E-state index is -1.14. The van der Waals surface area contributed by atoms with Gasteiger partial charge in [-0.05, 0) is 12.0 Å². The van der Waals surface area contributed by atoms with Gasteiger partial charge in [0.15, 0.2) is 5.82 Å². The zero-order valence-electron chi connectivity index (χ0n) is 11.9. The third kappa shape index (κ3) is 2.40. The number of rotatable bonds is 3. The van der Waals surface area contributed by atoms with Crippen LogP contribution in [0.4, 0.5) is 10.6 Å². The van der Waals surface area contributed by atoms with Crippen molar-refractivity contribution in [3.63, 3.8) is 0 Å². The molecule has 0 spiro atoms. The van der Waals surface area contributed by atoms with E-state index in [1.807, 2.05) is 24.3 Å². The fourth-order valence-corrected chi connectivity index (χ4v) is 2.50. The first kappa shape index (κ1) is 13.4. The van der Waals surface area contributed by atoms with Crippen LogP contribution < -0.4 is 5.32 Å². The van der Waals surface area contributed by atoms with Crippen molar-refractivity contribution in [3.8, 4) is 0 Å². The average molecular weight is 284 g/mol. The summed E-state index contributed by atoms with van der Waals surface area (Å²) in [6, 6.07) is 7.68. The van der Waals surface area contributed by atoms with E-state index < -0.39 is 6.09 Å². The molecule has 0 radical (unpaired) electrons. The Kier molecular flexibility index (Phi) is 3.21. The summed E-state index contributed by atoms with van der Waals surface area (Å²) in [5, 5.41) is 12.3. The summed E-state index contributed by atoms with van der Waals surface area (Å²) in [6.07, 6.45) is 0.601. The molecule has 0 aliphatic rings. The van der Waals surface area contributed by atoms with Crippen LogP contribution in [0.15, 0.2) is 30.6 Å². The molecule has 0 bridgehead atoms. The predicted molar refractivity (Wildman–Crippen MR) is 81.5 cm³/mol. The Morgan fingerprint density at radius 1 is 1.38 bits per heavy atom. The van der Waals surface area contributed by atoms with E-state index in [0.717, 1.165) is 23.0 Å². The largest absolute Gasteiger partial charge is 0.465 e. The normalized spacial score (nSPS) is 11.4. The second-order valence-corrected chi connectivity index (χ2v) is 5.40. The lowest BCUT2D eigenvalue weighted by Crippen LogP contribution is -2.10. The molecule has 2 aromatic heterocycles. The lowest BCUT2D eigenvalue weighted by atomic mass is 10.1. The molecule has 0 saturated heterocycles. The maximum absolute atomic E-state index is 10.9. The fraction of sp³-hybridized carbons (Fsp3) is 0.267. The first-order valence-corrected chi connectivity index (χ1v) is 6.80. The molecule has 6 heteroatoms. The van der Waals surface area contributed by atoms with Gasteiger partial charge in [0.2, 0.25) is 0 Å². The second-order valence-electron chi connectivity index (χ2n) is 5.40. The van der Waals surface area contributed by atoms with Crippen LogP contribution in [0.1, 0.15) is 13.8 Å². The van der Waals surface area contributed by atoms with Crippen LogP contribution in [0.25, 0.3) is 21.9 Å². The Morgan fingerprint density at radius 2 is 2.14 bits per heavy atom. The van der Waals surface area contributed by atoms with Crippen molar-refractivity contribution in [1.29, 1.82) is 0 Å². The highest BCUT2D eigenvalue weighted by Gasteiger charge is 2.15. The summed E-state index contributed by atoms with van der Waals surface area (Å²) >= 11 is 0. The van der Waals surface area contributed by atoms with Crippen molar-refractivity contribution in [2.75, 3.05) is 5.32 Å². The number of aromatic nitrogens is 3. The molecule has 0 unspecified atom stereocenters. The van der Waals surface area contributed by atoms with Crippen molar-refractivity contribution in [2.45, 2.75) is 20.4 Å². The minimum absolute atomic E-state index is 0.277. The van der Waals surface area contributed by atoms with Crippen LogP contribution in [0.5, 0.6) is 0 Å². The number of fused-ring (bicyclic) bond motifs is 3. The molecule has 108 valence electrons. The number of hydrogen-bond donors (Lipinski definition) is 2. The molecule has 0 atom stereocenters. The number of benzene rings is 1. The molecule has 2 heterocycles. The highest BCUT2D eigenvalue weighted by Crippen LogP contribution is 2.28. The van der Waals surface area contributed by atoms with Crippen molar-refractivity contribution < 1.29 is 9.90 Å². The maximum atomic E-state index is 10.9. The molecular formula is C15H16N4O2. The summed E-state index contributed by atoms with van der Waals surface area (Å²) in [5.41, 5.74) is 2.24. The number of amides is 1. The van der Waals surface area contributed by atoms with E-state index in [2.05, 4.69) is 33.7 Å². The Balaban J connectivity index is 2.33. The van der Waals surface area contributed by atoms with Gasteiger partial charge in [-0.1, -0.05) is 32.0 Å². The highest BCUT2D eigenvalue weighted by atomic mass is 16.4. The van der Waals surface area contributed by atoms with Gasteiger partial charge in [0.25, 0.3) is 0 Å². The lowest BCUT2D eigenvalue weighted by Gasteiger charge is -2.10. The minimum Gasteiger partial charge on any atom is -0.465 e. The van der Waals surface area contributed by atoms with Gasteiger partial charge in [-0.2, -0.15) is 0 Å². The molecule has 0 saturated carbocycles. The predicted octanol–water partition coefficient (Wildman–Crippen LogP) is 3.33. The van der Waals surface area contributed by atoms with Crippen molar-refractivity contribution in [2.24, 2.45) is 5.92 Å². The number of anilines is 1. The van der Waals surface area contributed by atoms with Crippen molar-refractivity contribution in [3.05, 3.63) is 30.6 Å². The Hall–Kier alpha value is -2.63. The third-order valence-electron chi connectivity index (χ3n) is 3.24.